The van der Waals surface area contributed by atoms with Crippen molar-refractivity contribution in [3.8, 4) is 0 Å². The van der Waals surface area contributed by atoms with Gasteiger partial charge in [0.15, 0.2) is 0 Å². The maximum atomic E-state index is 10.7. The van der Waals surface area contributed by atoms with Crippen molar-refractivity contribution < 1.29 is 9.85 Å². The Morgan fingerprint density at radius 1 is 0.733 bits per heavy atom. The Hall–Kier alpha value is -0.0800. The first-order valence-electron chi connectivity index (χ1n) is 6.80. The zero-order valence-corrected chi connectivity index (χ0v) is 10.1. The lowest BCUT2D eigenvalue weighted by Gasteiger charge is -2.43. The number of hydrogen-bond donors (Lipinski definition) is 1. The second-order valence-corrected chi connectivity index (χ2v) is 5.68. The van der Waals surface area contributed by atoms with Crippen molar-refractivity contribution in [2.24, 2.45) is 0 Å². The highest BCUT2D eigenvalue weighted by Gasteiger charge is 2.40. The van der Waals surface area contributed by atoms with Crippen LogP contribution in [0.1, 0.15) is 64.2 Å². The maximum Gasteiger partial charge on any atom is 0.119 e. The van der Waals surface area contributed by atoms with Gasteiger partial charge in [0, 0.05) is 25.7 Å². The van der Waals surface area contributed by atoms with Crippen LogP contribution in [-0.2, 0) is 0 Å². The van der Waals surface area contributed by atoms with E-state index in [4.69, 9.17) is 0 Å². The van der Waals surface area contributed by atoms with E-state index < -0.39 is 0 Å². The lowest BCUT2D eigenvalue weighted by atomic mass is 9.88. The molecule has 0 bridgehead atoms. The minimum atomic E-state index is 0.333. The molecular weight excluding hydrogens is 186 g/mol. The highest BCUT2D eigenvalue weighted by molar-refractivity contribution is 4.71. The number of hydrogen-bond acceptors (Lipinski definition) is 1. The molecule has 15 heavy (non-hydrogen) atoms. The second kappa shape index (κ2) is 4.84. The topological polar surface area (TPSA) is 20.2 Å². The molecule has 0 atom stereocenters. The van der Waals surface area contributed by atoms with Crippen LogP contribution in [-0.4, -0.2) is 29.0 Å². The van der Waals surface area contributed by atoms with E-state index in [9.17, 15) is 5.21 Å². The van der Waals surface area contributed by atoms with E-state index in [2.05, 4.69) is 7.05 Å². The zero-order valence-electron chi connectivity index (χ0n) is 10.1. The van der Waals surface area contributed by atoms with Crippen LogP contribution in [0.2, 0.25) is 0 Å². The van der Waals surface area contributed by atoms with E-state index in [0.29, 0.717) is 16.7 Å². The summed E-state index contributed by atoms with van der Waals surface area (Å²) in [5.41, 5.74) is 0. The summed E-state index contributed by atoms with van der Waals surface area (Å²) in [5.74, 6) is 0. The summed E-state index contributed by atoms with van der Waals surface area (Å²) in [6.07, 6.45) is 13.0. The Morgan fingerprint density at radius 3 is 1.40 bits per heavy atom. The molecule has 0 amide bonds. The summed E-state index contributed by atoms with van der Waals surface area (Å²) in [5, 5.41) is 10.7. The standard InChI is InChI=1S/C13H26NO/c1-14(15,12-8-4-2-5-9-12)13-10-6-3-7-11-13/h12-13,15H,2-11H2,1H3/q+1. The van der Waals surface area contributed by atoms with Gasteiger partial charge < -0.3 is 0 Å². The van der Waals surface area contributed by atoms with Gasteiger partial charge in [-0.15, -0.1) is 0 Å². The maximum absolute atomic E-state index is 10.7. The lowest BCUT2D eigenvalue weighted by molar-refractivity contribution is -1.12. The minimum absolute atomic E-state index is 0.333. The van der Waals surface area contributed by atoms with Crippen LogP contribution < -0.4 is 0 Å². The van der Waals surface area contributed by atoms with Crippen molar-refractivity contribution in [3.05, 3.63) is 0 Å². The summed E-state index contributed by atoms with van der Waals surface area (Å²) in [6, 6.07) is 1.06. The summed E-state index contributed by atoms with van der Waals surface area (Å²) in [4.78, 5) is 0. The zero-order chi connectivity index (χ0) is 10.7. The molecule has 2 aliphatic carbocycles. The van der Waals surface area contributed by atoms with Crippen LogP contribution in [0.3, 0.4) is 0 Å². The molecule has 2 aliphatic rings. The number of rotatable bonds is 2. The molecule has 0 aromatic heterocycles. The molecule has 0 aromatic rings. The van der Waals surface area contributed by atoms with Gasteiger partial charge in [0.1, 0.15) is 12.1 Å². The Kier molecular flexibility index (Phi) is 3.68. The predicted octanol–water partition coefficient (Wildman–Crippen LogP) is 3.49. The lowest BCUT2D eigenvalue weighted by Crippen LogP contribution is -2.57. The first-order chi connectivity index (χ1) is 7.21. The fourth-order valence-corrected chi connectivity index (χ4v) is 3.51. The molecule has 88 valence electrons. The molecule has 2 saturated carbocycles. The molecule has 1 N–H and O–H groups in total. The third-order valence-corrected chi connectivity index (χ3v) is 4.63. The van der Waals surface area contributed by atoms with Gasteiger partial charge in [-0.3, -0.25) is 0 Å². The van der Waals surface area contributed by atoms with Gasteiger partial charge in [-0.2, -0.15) is 4.65 Å². The highest BCUT2D eigenvalue weighted by atomic mass is 16.5. The Morgan fingerprint density at radius 2 is 1.07 bits per heavy atom. The quantitative estimate of drug-likeness (QED) is 0.549. The van der Waals surface area contributed by atoms with Crippen molar-refractivity contribution in [2.75, 3.05) is 7.05 Å². The Bertz CT molecular complexity index is 171. The third-order valence-electron chi connectivity index (χ3n) is 4.63. The number of nitrogens with zero attached hydrogens (tertiary/aromatic N) is 1. The summed E-state index contributed by atoms with van der Waals surface area (Å²) in [7, 11) is 2.06. The normalized spacial score (nSPS) is 26.8. The summed E-state index contributed by atoms with van der Waals surface area (Å²) >= 11 is 0. The van der Waals surface area contributed by atoms with Crippen molar-refractivity contribution in [1.82, 2.24) is 0 Å². The van der Waals surface area contributed by atoms with E-state index in [0.717, 1.165) is 0 Å². The predicted molar refractivity (Wildman–Crippen MR) is 61.7 cm³/mol. The molecule has 0 aromatic carbocycles. The van der Waals surface area contributed by atoms with Crippen LogP contribution in [0.15, 0.2) is 0 Å². The fourth-order valence-electron chi connectivity index (χ4n) is 3.51. The molecule has 2 nitrogen and oxygen atoms in total. The van der Waals surface area contributed by atoms with Crippen LogP contribution in [0.25, 0.3) is 0 Å². The van der Waals surface area contributed by atoms with E-state index in [-0.39, 0.29) is 0 Å². The monoisotopic (exact) mass is 212 g/mol. The Balaban J connectivity index is 1.96. The van der Waals surface area contributed by atoms with Gasteiger partial charge in [-0.1, -0.05) is 12.8 Å². The van der Waals surface area contributed by atoms with Crippen molar-refractivity contribution in [1.29, 1.82) is 0 Å². The summed E-state index contributed by atoms with van der Waals surface area (Å²) < 4.78 is 0.333. The molecule has 2 fully saturated rings. The molecule has 2 rings (SSSR count). The van der Waals surface area contributed by atoms with Gasteiger partial charge in [0.25, 0.3) is 0 Å². The minimum Gasteiger partial charge on any atom is -0.217 e. The first-order valence-corrected chi connectivity index (χ1v) is 6.80. The average Bonchev–Trinajstić information content (AvgIpc) is 2.31. The van der Waals surface area contributed by atoms with Crippen LogP contribution in [0, 0.1) is 0 Å². The largest absolute Gasteiger partial charge is 0.217 e. The molecule has 0 spiro atoms. The van der Waals surface area contributed by atoms with Gasteiger partial charge in [-0.05, 0) is 25.7 Å². The number of quaternary nitrogens is 1. The smallest absolute Gasteiger partial charge is 0.119 e. The van der Waals surface area contributed by atoms with Crippen molar-refractivity contribution in [3.63, 3.8) is 0 Å². The molecule has 0 aliphatic heterocycles. The van der Waals surface area contributed by atoms with Gasteiger partial charge in [0.05, 0.1) is 7.05 Å². The van der Waals surface area contributed by atoms with Crippen LogP contribution in [0.4, 0.5) is 0 Å². The molecule has 2 heteroatoms. The first kappa shape index (κ1) is 11.4. The van der Waals surface area contributed by atoms with Crippen molar-refractivity contribution >= 4 is 0 Å². The number of hydroxylamine groups is 3. The molecule has 0 radical (unpaired) electrons. The van der Waals surface area contributed by atoms with Gasteiger partial charge >= 0.3 is 0 Å². The molecule has 0 heterocycles. The van der Waals surface area contributed by atoms with E-state index in [1.807, 2.05) is 0 Å². The SMILES string of the molecule is C[N+](O)(C1CCCCC1)C1CCCCC1. The van der Waals surface area contributed by atoms with Crippen LogP contribution in [0.5, 0.6) is 0 Å². The van der Waals surface area contributed by atoms with E-state index >= 15 is 0 Å². The average molecular weight is 212 g/mol. The third kappa shape index (κ3) is 2.54. The molecule has 0 unspecified atom stereocenters. The van der Waals surface area contributed by atoms with Gasteiger partial charge in [0.2, 0.25) is 0 Å². The molecule has 0 saturated heterocycles. The summed E-state index contributed by atoms with van der Waals surface area (Å²) in [6.45, 7) is 0. The Labute approximate surface area is 93.8 Å². The van der Waals surface area contributed by atoms with E-state index in [1.165, 1.54) is 64.2 Å². The fraction of sp³-hybridized carbons (Fsp3) is 1.00. The highest BCUT2D eigenvalue weighted by Crippen LogP contribution is 2.33. The van der Waals surface area contributed by atoms with Crippen molar-refractivity contribution in [2.45, 2.75) is 76.3 Å². The van der Waals surface area contributed by atoms with Crippen LogP contribution >= 0.6 is 0 Å². The van der Waals surface area contributed by atoms with Gasteiger partial charge in [-0.25, -0.2) is 5.21 Å². The molecular formula is C13H26NO+. The van der Waals surface area contributed by atoms with E-state index in [1.54, 1.807) is 0 Å². The second-order valence-electron chi connectivity index (χ2n) is 5.68.